The van der Waals surface area contributed by atoms with E-state index in [1.54, 1.807) is 28.0 Å². The number of amides is 3. The Morgan fingerprint density at radius 1 is 1.07 bits per heavy atom. The zero-order valence-corrected chi connectivity index (χ0v) is 17.5. The van der Waals surface area contributed by atoms with Crippen molar-refractivity contribution in [2.75, 3.05) is 23.3 Å². The van der Waals surface area contributed by atoms with Crippen molar-refractivity contribution < 1.29 is 18.4 Å². The van der Waals surface area contributed by atoms with E-state index in [2.05, 4.69) is 5.32 Å². The number of urea groups is 1. The van der Waals surface area contributed by atoms with Gasteiger partial charge in [0.05, 0.1) is 0 Å². The van der Waals surface area contributed by atoms with Crippen molar-refractivity contribution in [3.8, 4) is 0 Å². The lowest BCUT2D eigenvalue weighted by Crippen LogP contribution is -2.49. The summed E-state index contributed by atoms with van der Waals surface area (Å²) in [5.74, 6) is -1.41. The zero-order valence-electron chi connectivity index (χ0n) is 17.5. The summed E-state index contributed by atoms with van der Waals surface area (Å²) < 4.78 is 27.0. The van der Waals surface area contributed by atoms with Gasteiger partial charge in [-0.2, -0.15) is 0 Å². The minimum atomic E-state index is -0.662. The predicted octanol–water partition coefficient (Wildman–Crippen LogP) is 5.17. The van der Waals surface area contributed by atoms with E-state index < -0.39 is 11.6 Å². The molecule has 0 saturated carbocycles. The Morgan fingerprint density at radius 2 is 1.77 bits per heavy atom. The van der Waals surface area contributed by atoms with Gasteiger partial charge in [-0.05, 0) is 47.7 Å². The Labute approximate surface area is 175 Å². The Kier molecular flexibility index (Phi) is 6.39. The molecule has 1 N–H and O–H groups in total. The number of nitrogens with one attached hydrogen (secondary N) is 1. The Bertz CT molecular complexity index is 920. The summed E-state index contributed by atoms with van der Waals surface area (Å²) in [6.07, 6.45) is 1.11. The van der Waals surface area contributed by atoms with Crippen LogP contribution in [0.15, 0.2) is 42.5 Å². The van der Waals surface area contributed by atoms with Gasteiger partial charge >= 0.3 is 6.03 Å². The molecule has 0 atom stereocenters. The number of benzene rings is 2. The molecule has 1 heterocycles. The number of carbonyl (C=O) groups is 2. The van der Waals surface area contributed by atoms with Crippen molar-refractivity contribution in [1.29, 1.82) is 0 Å². The van der Waals surface area contributed by atoms with Crippen LogP contribution >= 0.6 is 0 Å². The third-order valence-electron chi connectivity index (χ3n) is 4.74. The van der Waals surface area contributed by atoms with Crippen LogP contribution < -0.4 is 10.2 Å². The molecule has 0 radical (unpaired) electrons. The van der Waals surface area contributed by atoms with Crippen molar-refractivity contribution in [3.63, 3.8) is 0 Å². The highest BCUT2D eigenvalue weighted by Gasteiger charge is 2.27. The minimum absolute atomic E-state index is 0.0839. The average molecular weight is 415 g/mol. The number of carbonyl (C=O) groups excluding carboxylic acids is 2. The summed E-state index contributed by atoms with van der Waals surface area (Å²) in [4.78, 5) is 28.4. The largest absolute Gasteiger partial charge is 0.326 e. The number of anilines is 2. The van der Waals surface area contributed by atoms with Crippen LogP contribution in [0.1, 0.15) is 39.2 Å². The summed E-state index contributed by atoms with van der Waals surface area (Å²) in [7, 11) is 0. The number of hydrogen-bond donors (Lipinski definition) is 1. The molecule has 30 heavy (non-hydrogen) atoms. The molecule has 3 rings (SSSR count). The Morgan fingerprint density at radius 3 is 2.43 bits per heavy atom. The molecule has 1 fully saturated rings. The molecule has 0 aromatic heterocycles. The minimum Gasteiger partial charge on any atom is -0.326 e. The lowest BCUT2D eigenvalue weighted by Gasteiger charge is -2.36. The lowest BCUT2D eigenvalue weighted by molar-refractivity contribution is -0.117. The van der Waals surface area contributed by atoms with Crippen molar-refractivity contribution in [3.05, 3.63) is 59.7 Å². The number of nitrogens with zero attached hydrogens (tertiary/aromatic N) is 2. The van der Waals surface area contributed by atoms with E-state index in [1.807, 2.05) is 26.8 Å². The smallest absolute Gasteiger partial charge is 0.324 e. The van der Waals surface area contributed by atoms with Gasteiger partial charge in [0.25, 0.3) is 0 Å². The molecule has 2 aromatic carbocycles. The van der Waals surface area contributed by atoms with Gasteiger partial charge in [0.15, 0.2) is 0 Å². The van der Waals surface area contributed by atoms with Crippen LogP contribution in [-0.4, -0.2) is 29.9 Å². The fraction of sp³-hybridized carbons (Fsp3) is 0.391. The summed E-state index contributed by atoms with van der Waals surface area (Å²) in [6, 6.07) is 10.2. The molecule has 5 nitrogen and oxygen atoms in total. The molecule has 7 heteroatoms. The third-order valence-corrected chi connectivity index (χ3v) is 4.74. The molecule has 0 bridgehead atoms. The van der Waals surface area contributed by atoms with E-state index in [-0.39, 0.29) is 23.9 Å². The number of rotatable bonds is 5. The standard InChI is InChI=1S/C23H27F2N3O2/c1-23(2,3)14-21(29)26-19-6-4-7-20(13-19)28-9-5-8-27(22(28)30)15-16-10-17(24)12-18(25)11-16/h4,6-7,10-13H,5,8-9,14-15H2,1-3H3,(H,26,29). The zero-order chi connectivity index (χ0) is 21.9. The Hall–Kier alpha value is -2.96. The fourth-order valence-corrected chi connectivity index (χ4v) is 3.53. The molecule has 1 saturated heterocycles. The van der Waals surface area contributed by atoms with Gasteiger partial charge in [0.2, 0.25) is 5.91 Å². The van der Waals surface area contributed by atoms with Crippen LogP contribution in [0.4, 0.5) is 25.0 Å². The van der Waals surface area contributed by atoms with Crippen molar-refractivity contribution in [1.82, 2.24) is 4.90 Å². The van der Waals surface area contributed by atoms with Gasteiger partial charge in [-0.1, -0.05) is 26.8 Å². The first-order chi connectivity index (χ1) is 14.1. The summed E-state index contributed by atoms with van der Waals surface area (Å²) in [5, 5.41) is 2.88. The van der Waals surface area contributed by atoms with Crippen LogP contribution in [0.25, 0.3) is 0 Å². The average Bonchev–Trinajstić information content (AvgIpc) is 2.61. The van der Waals surface area contributed by atoms with Gasteiger partial charge in [0.1, 0.15) is 11.6 Å². The van der Waals surface area contributed by atoms with Gasteiger partial charge in [-0.15, -0.1) is 0 Å². The summed E-state index contributed by atoms with van der Waals surface area (Å²) >= 11 is 0. The Balaban J connectivity index is 1.72. The van der Waals surface area contributed by atoms with Crippen LogP contribution in [0.5, 0.6) is 0 Å². The SMILES string of the molecule is CC(C)(C)CC(=O)Nc1cccc(N2CCCN(Cc3cc(F)cc(F)c3)C2=O)c1. The van der Waals surface area contributed by atoms with Crippen LogP contribution in [0.2, 0.25) is 0 Å². The normalized spacial score (nSPS) is 14.8. The van der Waals surface area contributed by atoms with E-state index in [4.69, 9.17) is 0 Å². The second-order valence-electron chi connectivity index (χ2n) is 8.82. The first-order valence-electron chi connectivity index (χ1n) is 10.0. The topological polar surface area (TPSA) is 52.7 Å². The molecular weight excluding hydrogens is 388 g/mol. The van der Waals surface area contributed by atoms with Gasteiger partial charge in [0, 0.05) is 43.5 Å². The molecule has 0 aliphatic carbocycles. The van der Waals surface area contributed by atoms with Gasteiger partial charge in [-0.25, -0.2) is 13.6 Å². The highest BCUT2D eigenvalue weighted by atomic mass is 19.1. The molecule has 0 unspecified atom stereocenters. The molecule has 0 spiro atoms. The van der Waals surface area contributed by atoms with Crippen molar-refractivity contribution >= 4 is 23.3 Å². The first-order valence-corrected chi connectivity index (χ1v) is 10.0. The van der Waals surface area contributed by atoms with Crippen molar-refractivity contribution in [2.45, 2.75) is 40.2 Å². The van der Waals surface area contributed by atoms with Crippen LogP contribution in [0.3, 0.4) is 0 Å². The van der Waals surface area contributed by atoms with E-state index >= 15 is 0 Å². The number of hydrogen-bond acceptors (Lipinski definition) is 2. The van der Waals surface area contributed by atoms with Crippen LogP contribution in [-0.2, 0) is 11.3 Å². The maximum Gasteiger partial charge on any atom is 0.324 e. The molecule has 1 aliphatic heterocycles. The maximum atomic E-state index is 13.5. The monoisotopic (exact) mass is 415 g/mol. The maximum absolute atomic E-state index is 13.5. The highest BCUT2D eigenvalue weighted by molar-refractivity contribution is 5.95. The summed E-state index contributed by atoms with van der Waals surface area (Å²) in [5.41, 5.74) is 1.58. The van der Waals surface area contributed by atoms with E-state index in [0.717, 1.165) is 12.5 Å². The van der Waals surface area contributed by atoms with E-state index in [0.29, 0.717) is 36.4 Å². The second-order valence-corrected chi connectivity index (χ2v) is 8.82. The number of halogens is 2. The fourth-order valence-electron chi connectivity index (χ4n) is 3.53. The highest BCUT2D eigenvalue weighted by Crippen LogP contribution is 2.26. The third kappa shape index (κ3) is 5.78. The van der Waals surface area contributed by atoms with E-state index in [9.17, 15) is 18.4 Å². The quantitative estimate of drug-likeness (QED) is 0.732. The predicted molar refractivity (Wildman–Crippen MR) is 113 cm³/mol. The van der Waals surface area contributed by atoms with Crippen molar-refractivity contribution in [2.24, 2.45) is 5.41 Å². The van der Waals surface area contributed by atoms with Gasteiger partial charge < -0.3 is 10.2 Å². The van der Waals surface area contributed by atoms with Crippen LogP contribution in [0, 0.1) is 17.0 Å². The molecule has 160 valence electrons. The lowest BCUT2D eigenvalue weighted by atomic mass is 9.92. The summed E-state index contributed by atoms with van der Waals surface area (Å²) in [6.45, 7) is 7.16. The molecule has 2 aromatic rings. The van der Waals surface area contributed by atoms with Gasteiger partial charge in [-0.3, -0.25) is 9.69 Å². The molecule has 1 aliphatic rings. The molecular formula is C23H27F2N3O2. The first kappa shape index (κ1) is 21.7. The van der Waals surface area contributed by atoms with E-state index in [1.165, 1.54) is 12.1 Å². The second kappa shape index (κ2) is 8.81. The molecule has 3 amide bonds.